The number of allylic oxidation sites excluding steroid dienone is 2. The summed E-state index contributed by atoms with van der Waals surface area (Å²) in [4.78, 5) is 10.6. The Morgan fingerprint density at radius 2 is 1.87 bits per heavy atom. The fraction of sp³-hybridized carbons (Fsp3) is 0.640. The van der Waals surface area contributed by atoms with Gasteiger partial charge in [-0.1, -0.05) is 48.9 Å². The summed E-state index contributed by atoms with van der Waals surface area (Å²) >= 11 is 1.84. The summed E-state index contributed by atoms with van der Waals surface area (Å²) in [6, 6.07) is 9.90. The minimum absolute atomic E-state index is 0.255. The second kappa shape index (κ2) is 12.5. The molecule has 3 rings (SSSR count). The van der Waals surface area contributed by atoms with E-state index in [0.717, 1.165) is 36.3 Å². The number of hydrogen-bond donors (Lipinski definition) is 2. The summed E-state index contributed by atoms with van der Waals surface area (Å²) in [6.07, 6.45) is 13.9. The molecule has 0 aliphatic carbocycles. The number of hydrogen-bond acceptors (Lipinski definition) is 4. The lowest BCUT2D eigenvalue weighted by atomic mass is 9.75. The maximum atomic E-state index is 10.6. The molecule has 2 aliphatic heterocycles. The molecule has 1 aromatic carbocycles. The first-order valence-electron chi connectivity index (χ1n) is 11.5. The van der Waals surface area contributed by atoms with Gasteiger partial charge >= 0.3 is 5.97 Å². The highest BCUT2D eigenvalue weighted by Crippen LogP contribution is 2.47. The Morgan fingerprint density at radius 3 is 2.63 bits per heavy atom. The Labute approximate surface area is 185 Å². The molecule has 2 saturated heterocycles. The highest BCUT2D eigenvalue weighted by molar-refractivity contribution is 7.99. The third kappa shape index (κ3) is 7.14. The van der Waals surface area contributed by atoms with Crippen molar-refractivity contribution in [1.29, 1.82) is 0 Å². The number of carbonyl (C=O) groups is 1. The fourth-order valence-corrected chi connectivity index (χ4v) is 5.88. The molecule has 2 N–H and O–H groups in total. The van der Waals surface area contributed by atoms with Crippen LogP contribution in [0.25, 0.3) is 0 Å². The number of rotatable bonds is 14. The lowest BCUT2D eigenvalue weighted by Crippen LogP contribution is -2.26. The third-order valence-corrected chi connectivity index (χ3v) is 7.59. The van der Waals surface area contributed by atoms with Crippen LogP contribution in [0.1, 0.15) is 69.5 Å². The van der Waals surface area contributed by atoms with Crippen molar-refractivity contribution < 1.29 is 19.7 Å². The molecule has 2 fully saturated rings. The molecule has 1 aromatic rings. The molecule has 2 bridgehead atoms. The number of carboxylic acids is 1. The van der Waals surface area contributed by atoms with Crippen molar-refractivity contribution in [3.8, 4) is 0 Å². The predicted molar refractivity (Wildman–Crippen MR) is 123 cm³/mol. The summed E-state index contributed by atoms with van der Waals surface area (Å²) in [7, 11) is 0. The smallest absolute Gasteiger partial charge is 0.303 e. The van der Waals surface area contributed by atoms with Gasteiger partial charge in [0.05, 0.1) is 18.3 Å². The van der Waals surface area contributed by atoms with E-state index in [1.165, 1.54) is 32.1 Å². The van der Waals surface area contributed by atoms with Crippen LogP contribution in [0.5, 0.6) is 0 Å². The van der Waals surface area contributed by atoms with Gasteiger partial charge < -0.3 is 14.9 Å². The van der Waals surface area contributed by atoms with Crippen LogP contribution in [0, 0.1) is 11.8 Å². The van der Waals surface area contributed by atoms with Crippen LogP contribution in [0.3, 0.4) is 0 Å². The number of ether oxygens (including phenoxy) is 1. The largest absolute Gasteiger partial charge is 0.481 e. The van der Waals surface area contributed by atoms with E-state index in [1.807, 2.05) is 42.1 Å². The molecular weight excluding hydrogens is 396 g/mol. The van der Waals surface area contributed by atoms with Crippen molar-refractivity contribution in [3.63, 3.8) is 0 Å². The number of aliphatic hydroxyl groups is 1. The second-order valence-electron chi connectivity index (χ2n) is 8.61. The van der Waals surface area contributed by atoms with Gasteiger partial charge in [0.15, 0.2) is 0 Å². The van der Waals surface area contributed by atoms with Crippen LogP contribution < -0.4 is 0 Å². The average molecular weight is 433 g/mol. The lowest BCUT2D eigenvalue weighted by molar-refractivity contribution is -0.137. The fourth-order valence-electron chi connectivity index (χ4n) is 4.89. The summed E-state index contributed by atoms with van der Waals surface area (Å²) < 4.78 is 6.22. The van der Waals surface area contributed by atoms with E-state index in [2.05, 4.69) is 12.2 Å². The van der Waals surface area contributed by atoms with Crippen molar-refractivity contribution in [2.24, 2.45) is 11.8 Å². The standard InChI is InChI=1S/C25H36O4S/c26-22(19-10-4-3-5-11-19)18-30-17-9-8-13-21-20(23-15-16-24(21)29-23)12-6-1-2-7-14-25(27)28/h1,3-6,10-11,20-24,26H,2,7-9,12-18H2,(H,27,28)/b6-1-/t20-,21+,22?,23-,24+/m1/s1. The van der Waals surface area contributed by atoms with E-state index in [4.69, 9.17) is 9.84 Å². The summed E-state index contributed by atoms with van der Waals surface area (Å²) in [5, 5.41) is 19.0. The Bertz CT molecular complexity index is 662. The monoisotopic (exact) mass is 432 g/mol. The summed E-state index contributed by atoms with van der Waals surface area (Å²) in [5.41, 5.74) is 1.00. The molecule has 0 radical (unpaired) electrons. The van der Waals surface area contributed by atoms with Gasteiger partial charge in [0, 0.05) is 12.2 Å². The molecule has 2 aliphatic rings. The second-order valence-corrected chi connectivity index (χ2v) is 9.76. The Hall–Kier alpha value is -1.30. The van der Waals surface area contributed by atoms with Crippen LogP contribution in [-0.2, 0) is 9.53 Å². The van der Waals surface area contributed by atoms with Crippen molar-refractivity contribution in [2.75, 3.05) is 11.5 Å². The molecule has 0 saturated carbocycles. The molecule has 0 aromatic heterocycles. The average Bonchev–Trinajstić information content (AvgIpc) is 3.35. The number of aliphatic hydroxyl groups excluding tert-OH is 1. The number of fused-ring (bicyclic) bond motifs is 2. The normalized spacial score (nSPS) is 26.4. The van der Waals surface area contributed by atoms with Gasteiger partial charge in [-0.25, -0.2) is 0 Å². The van der Waals surface area contributed by atoms with Gasteiger partial charge in [-0.2, -0.15) is 11.8 Å². The van der Waals surface area contributed by atoms with E-state index in [-0.39, 0.29) is 12.5 Å². The predicted octanol–water partition coefficient (Wildman–Crippen LogP) is 5.62. The molecule has 0 spiro atoms. The van der Waals surface area contributed by atoms with E-state index in [9.17, 15) is 9.90 Å². The zero-order chi connectivity index (χ0) is 21.2. The number of thioether (sulfide) groups is 1. The zero-order valence-corrected chi connectivity index (χ0v) is 18.6. The molecule has 30 heavy (non-hydrogen) atoms. The number of benzene rings is 1. The first-order valence-corrected chi connectivity index (χ1v) is 12.6. The maximum absolute atomic E-state index is 10.6. The SMILES string of the molecule is O=C(O)CCC/C=C\C[C@@H]1[C@H](CCCCSCC(O)c2ccccc2)[C@@H]2CC[C@H]1O2. The molecule has 1 unspecified atom stereocenters. The molecule has 166 valence electrons. The molecular formula is C25H36O4S. The highest BCUT2D eigenvalue weighted by Gasteiger charge is 2.47. The quantitative estimate of drug-likeness (QED) is 0.295. The molecule has 5 heteroatoms. The summed E-state index contributed by atoms with van der Waals surface area (Å²) in [5.74, 6) is 2.45. The van der Waals surface area contributed by atoms with Gasteiger partial charge in [-0.3, -0.25) is 4.79 Å². The first kappa shape index (κ1) is 23.4. The molecule has 5 atom stereocenters. The van der Waals surface area contributed by atoms with E-state index >= 15 is 0 Å². The topological polar surface area (TPSA) is 66.8 Å². The van der Waals surface area contributed by atoms with Gasteiger partial charge in [0.1, 0.15) is 0 Å². The summed E-state index contributed by atoms with van der Waals surface area (Å²) in [6.45, 7) is 0. The minimum Gasteiger partial charge on any atom is -0.481 e. The zero-order valence-electron chi connectivity index (χ0n) is 17.8. The molecule has 4 nitrogen and oxygen atoms in total. The third-order valence-electron chi connectivity index (χ3n) is 6.46. The van der Waals surface area contributed by atoms with Crippen LogP contribution in [0.4, 0.5) is 0 Å². The maximum Gasteiger partial charge on any atom is 0.303 e. The van der Waals surface area contributed by atoms with Crippen molar-refractivity contribution >= 4 is 17.7 Å². The van der Waals surface area contributed by atoms with Crippen molar-refractivity contribution in [3.05, 3.63) is 48.0 Å². The Morgan fingerprint density at radius 1 is 1.10 bits per heavy atom. The molecule has 2 heterocycles. The Kier molecular flexibility index (Phi) is 9.76. The van der Waals surface area contributed by atoms with E-state index in [1.54, 1.807) is 0 Å². The number of unbranched alkanes of at least 4 members (excludes halogenated alkanes) is 2. The highest BCUT2D eigenvalue weighted by atomic mass is 32.2. The van der Waals surface area contributed by atoms with Crippen LogP contribution in [0.15, 0.2) is 42.5 Å². The lowest BCUT2D eigenvalue weighted by Gasteiger charge is -2.27. The van der Waals surface area contributed by atoms with Gasteiger partial charge in [-0.15, -0.1) is 0 Å². The number of carboxylic acid groups (broad SMARTS) is 1. The first-order chi connectivity index (χ1) is 14.6. The number of aliphatic carboxylic acids is 1. The Balaban J connectivity index is 1.30. The van der Waals surface area contributed by atoms with Crippen LogP contribution in [0.2, 0.25) is 0 Å². The minimum atomic E-state index is -0.710. The van der Waals surface area contributed by atoms with Crippen molar-refractivity contribution in [1.82, 2.24) is 0 Å². The van der Waals surface area contributed by atoms with Gasteiger partial charge in [0.25, 0.3) is 0 Å². The van der Waals surface area contributed by atoms with Crippen molar-refractivity contribution in [2.45, 2.75) is 76.1 Å². The van der Waals surface area contributed by atoms with Gasteiger partial charge in [0.2, 0.25) is 0 Å². The van der Waals surface area contributed by atoms with Crippen LogP contribution >= 0.6 is 11.8 Å². The van der Waals surface area contributed by atoms with E-state index < -0.39 is 5.97 Å². The van der Waals surface area contributed by atoms with E-state index in [0.29, 0.717) is 24.0 Å². The van der Waals surface area contributed by atoms with Gasteiger partial charge in [-0.05, 0) is 68.1 Å². The van der Waals surface area contributed by atoms with Crippen LogP contribution in [-0.4, -0.2) is 39.9 Å². The molecule has 0 amide bonds.